The van der Waals surface area contributed by atoms with Crippen LogP contribution >= 0.6 is 27.7 Å². The van der Waals surface area contributed by atoms with Crippen LogP contribution in [-0.4, -0.2) is 18.1 Å². The molecule has 0 aliphatic carbocycles. The third-order valence-corrected chi connectivity index (χ3v) is 3.91. The second kappa shape index (κ2) is 7.18. The minimum Gasteiger partial charge on any atom is -0.494 e. The van der Waals surface area contributed by atoms with Gasteiger partial charge < -0.3 is 4.74 Å². The van der Waals surface area contributed by atoms with Crippen LogP contribution in [0.3, 0.4) is 0 Å². The van der Waals surface area contributed by atoms with E-state index in [0.717, 1.165) is 23.2 Å². The molecule has 0 heterocycles. The largest absolute Gasteiger partial charge is 0.494 e. The van der Waals surface area contributed by atoms with Gasteiger partial charge in [0.2, 0.25) is 0 Å². The Kier molecular flexibility index (Phi) is 6.18. The molecule has 0 saturated carbocycles. The number of rotatable bonds is 6. The van der Waals surface area contributed by atoms with Gasteiger partial charge in [0.1, 0.15) is 5.75 Å². The fraction of sp³-hybridized carbons (Fsp3) is 0.500. The SMILES string of the molecule is CCSCCCOc1ccc(Br)c(C)c1. The summed E-state index contributed by atoms with van der Waals surface area (Å²) in [4.78, 5) is 0. The van der Waals surface area contributed by atoms with E-state index in [1.807, 2.05) is 23.9 Å². The molecular weight excluding hydrogens is 272 g/mol. The molecule has 0 aromatic heterocycles. The van der Waals surface area contributed by atoms with Crippen molar-refractivity contribution in [3.05, 3.63) is 28.2 Å². The summed E-state index contributed by atoms with van der Waals surface area (Å²) in [5.41, 5.74) is 1.22. The Labute approximate surface area is 105 Å². The van der Waals surface area contributed by atoms with Gasteiger partial charge in [0, 0.05) is 4.47 Å². The lowest BCUT2D eigenvalue weighted by atomic mass is 10.2. The maximum atomic E-state index is 5.65. The summed E-state index contributed by atoms with van der Waals surface area (Å²) in [5.74, 6) is 3.35. The van der Waals surface area contributed by atoms with Crippen molar-refractivity contribution >= 4 is 27.7 Å². The van der Waals surface area contributed by atoms with Gasteiger partial charge in [-0.2, -0.15) is 11.8 Å². The van der Waals surface area contributed by atoms with Crippen molar-refractivity contribution in [2.24, 2.45) is 0 Å². The zero-order chi connectivity index (χ0) is 11.1. The molecule has 0 fully saturated rings. The Hall–Kier alpha value is -0.150. The van der Waals surface area contributed by atoms with E-state index in [4.69, 9.17) is 4.74 Å². The van der Waals surface area contributed by atoms with Gasteiger partial charge in [-0.3, -0.25) is 0 Å². The van der Waals surface area contributed by atoms with E-state index in [2.05, 4.69) is 35.8 Å². The lowest BCUT2D eigenvalue weighted by molar-refractivity contribution is 0.318. The standard InChI is InChI=1S/C12H17BrOS/c1-3-15-8-4-7-14-11-5-6-12(13)10(2)9-11/h5-6,9H,3-4,7-8H2,1-2H3. The van der Waals surface area contributed by atoms with Crippen LogP contribution in [0.25, 0.3) is 0 Å². The van der Waals surface area contributed by atoms with E-state index in [-0.39, 0.29) is 0 Å². The zero-order valence-corrected chi connectivity index (χ0v) is 11.7. The number of hydrogen-bond acceptors (Lipinski definition) is 2. The number of halogens is 1. The van der Waals surface area contributed by atoms with Gasteiger partial charge in [0.05, 0.1) is 6.61 Å². The summed E-state index contributed by atoms with van der Waals surface area (Å²) < 4.78 is 6.79. The topological polar surface area (TPSA) is 9.23 Å². The smallest absolute Gasteiger partial charge is 0.119 e. The molecule has 0 amide bonds. The van der Waals surface area contributed by atoms with Gasteiger partial charge in [-0.05, 0) is 48.6 Å². The van der Waals surface area contributed by atoms with Crippen molar-refractivity contribution in [2.45, 2.75) is 20.3 Å². The zero-order valence-electron chi connectivity index (χ0n) is 9.25. The van der Waals surface area contributed by atoms with Crippen LogP contribution in [0.5, 0.6) is 5.75 Å². The molecule has 3 heteroatoms. The van der Waals surface area contributed by atoms with Crippen molar-refractivity contribution in [3.8, 4) is 5.75 Å². The predicted molar refractivity (Wildman–Crippen MR) is 72.0 cm³/mol. The fourth-order valence-corrected chi connectivity index (χ4v) is 2.06. The third kappa shape index (κ3) is 4.94. The van der Waals surface area contributed by atoms with Crippen LogP contribution in [0, 0.1) is 6.92 Å². The lowest BCUT2D eigenvalue weighted by Gasteiger charge is -2.07. The number of ether oxygens (including phenoxy) is 1. The normalized spacial score (nSPS) is 10.3. The first-order valence-electron chi connectivity index (χ1n) is 5.20. The summed E-state index contributed by atoms with van der Waals surface area (Å²) in [6.45, 7) is 5.07. The van der Waals surface area contributed by atoms with E-state index in [1.165, 1.54) is 17.1 Å². The molecule has 0 aliphatic heterocycles. The van der Waals surface area contributed by atoms with Gasteiger partial charge in [-0.15, -0.1) is 0 Å². The van der Waals surface area contributed by atoms with Crippen LogP contribution in [0.4, 0.5) is 0 Å². The van der Waals surface area contributed by atoms with E-state index >= 15 is 0 Å². The van der Waals surface area contributed by atoms with Gasteiger partial charge in [0.25, 0.3) is 0 Å². The highest BCUT2D eigenvalue weighted by Crippen LogP contribution is 2.21. The fourth-order valence-electron chi connectivity index (χ4n) is 1.20. The predicted octanol–water partition coefficient (Wildman–Crippen LogP) is 4.28. The molecule has 0 aliphatic rings. The summed E-state index contributed by atoms with van der Waals surface area (Å²) in [5, 5.41) is 0. The van der Waals surface area contributed by atoms with Gasteiger partial charge in [-0.25, -0.2) is 0 Å². The van der Waals surface area contributed by atoms with Gasteiger partial charge >= 0.3 is 0 Å². The van der Waals surface area contributed by atoms with Gasteiger partial charge in [-0.1, -0.05) is 22.9 Å². The highest BCUT2D eigenvalue weighted by Gasteiger charge is 1.97. The van der Waals surface area contributed by atoms with Crippen molar-refractivity contribution in [2.75, 3.05) is 18.1 Å². The third-order valence-electron chi connectivity index (χ3n) is 2.04. The van der Waals surface area contributed by atoms with Crippen LogP contribution < -0.4 is 4.74 Å². The number of thioether (sulfide) groups is 1. The molecule has 1 nitrogen and oxygen atoms in total. The molecule has 0 spiro atoms. The summed E-state index contributed by atoms with van der Waals surface area (Å²) in [6.07, 6.45) is 1.12. The molecule has 0 atom stereocenters. The molecule has 1 aromatic carbocycles. The Balaban J connectivity index is 2.28. The van der Waals surface area contributed by atoms with Crippen LogP contribution in [0.2, 0.25) is 0 Å². The first-order chi connectivity index (χ1) is 7.24. The Morgan fingerprint density at radius 3 is 2.87 bits per heavy atom. The van der Waals surface area contributed by atoms with E-state index in [0.29, 0.717) is 0 Å². The number of aryl methyl sites for hydroxylation is 1. The number of hydrogen-bond donors (Lipinski definition) is 0. The molecule has 0 radical (unpaired) electrons. The average molecular weight is 289 g/mol. The van der Waals surface area contributed by atoms with Crippen molar-refractivity contribution in [3.63, 3.8) is 0 Å². The van der Waals surface area contributed by atoms with Crippen molar-refractivity contribution in [1.82, 2.24) is 0 Å². The summed E-state index contributed by atoms with van der Waals surface area (Å²) in [6, 6.07) is 6.10. The quantitative estimate of drug-likeness (QED) is 0.723. The van der Waals surface area contributed by atoms with Crippen LogP contribution in [0.15, 0.2) is 22.7 Å². The first kappa shape index (κ1) is 12.9. The highest BCUT2D eigenvalue weighted by molar-refractivity contribution is 9.10. The monoisotopic (exact) mass is 288 g/mol. The maximum Gasteiger partial charge on any atom is 0.119 e. The maximum absolute atomic E-state index is 5.65. The lowest BCUT2D eigenvalue weighted by Crippen LogP contribution is -1.99. The van der Waals surface area contributed by atoms with E-state index in [9.17, 15) is 0 Å². The highest BCUT2D eigenvalue weighted by atomic mass is 79.9. The molecule has 0 N–H and O–H groups in total. The van der Waals surface area contributed by atoms with E-state index < -0.39 is 0 Å². The minimum atomic E-state index is 0.814. The van der Waals surface area contributed by atoms with Crippen LogP contribution in [-0.2, 0) is 0 Å². The Bertz CT molecular complexity index is 302. The Morgan fingerprint density at radius 1 is 1.40 bits per heavy atom. The van der Waals surface area contributed by atoms with Crippen LogP contribution in [0.1, 0.15) is 18.9 Å². The second-order valence-corrected chi connectivity index (χ2v) is 5.56. The number of benzene rings is 1. The molecule has 1 aromatic rings. The summed E-state index contributed by atoms with van der Waals surface area (Å²) >= 11 is 5.43. The molecule has 84 valence electrons. The van der Waals surface area contributed by atoms with Gasteiger partial charge in [0.15, 0.2) is 0 Å². The molecule has 0 unspecified atom stereocenters. The molecule has 0 bridgehead atoms. The summed E-state index contributed by atoms with van der Waals surface area (Å²) in [7, 11) is 0. The molecule has 1 rings (SSSR count). The Morgan fingerprint density at radius 2 is 2.20 bits per heavy atom. The molecular formula is C12H17BrOS. The average Bonchev–Trinajstić information content (AvgIpc) is 2.23. The second-order valence-electron chi connectivity index (χ2n) is 3.31. The van der Waals surface area contributed by atoms with Crippen molar-refractivity contribution < 1.29 is 4.74 Å². The van der Waals surface area contributed by atoms with E-state index in [1.54, 1.807) is 0 Å². The van der Waals surface area contributed by atoms with Crippen molar-refractivity contribution in [1.29, 1.82) is 0 Å². The molecule has 15 heavy (non-hydrogen) atoms. The minimum absolute atomic E-state index is 0.814. The molecule has 0 saturated heterocycles. The first-order valence-corrected chi connectivity index (χ1v) is 7.15.